The molecular formula is C15H23N3O. The van der Waals surface area contributed by atoms with Crippen molar-refractivity contribution in [3.63, 3.8) is 0 Å². The van der Waals surface area contributed by atoms with Gasteiger partial charge in [0.15, 0.2) is 0 Å². The zero-order chi connectivity index (χ0) is 13.7. The molecule has 4 heteroatoms. The zero-order valence-corrected chi connectivity index (χ0v) is 11.8. The molecule has 0 spiro atoms. The number of rotatable bonds is 3. The molecule has 0 radical (unpaired) electrons. The average Bonchev–Trinajstić information content (AvgIpc) is 2.69. The number of hydrogen-bond acceptors (Lipinski definition) is 3. The van der Waals surface area contributed by atoms with Crippen LogP contribution in [0.15, 0.2) is 18.2 Å². The lowest BCUT2D eigenvalue weighted by molar-refractivity contribution is 0.0962. The van der Waals surface area contributed by atoms with Crippen LogP contribution in [0.1, 0.15) is 35.2 Å². The quantitative estimate of drug-likeness (QED) is 0.779. The molecule has 0 aromatic heterocycles. The van der Waals surface area contributed by atoms with Crippen LogP contribution in [0.4, 0.5) is 5.69 Å². The van der Waals surface area contributed by atoms with Crippen molar-refractivity contribution in [2.45, 2.75) is 32.2 Å². The lowest BCUT2D eigenvalue weighted by Gasteiger charge is -2.20. The minimum absolute atomic E-state index is 0.0244. The number of carbonyl (C=O) groups is 1. The summed E-state index contributed by atoms with van der Waals surface area (Å²) in [6, 6.07) is 6.36. The highest BCUT2D eigenvalue weighted by molar-refractivity contribution is 5.96. The van der Waals surface area contributed by atoms with Gasteiger partial charge in [0, 0.05) is 24.3 Å². The van der Waals surface area contributed by atoms with E-state index in [1.54, 1.807) is 7.05 Å². The lowest BCUT2D eigenvalue weighted by Crippen LogP contribution is -2.23. The molecule has 4 nitrogen and oxygen atoms in total. The van der Waals surface area contributed by atoms with Crippen LogP contribution in [-0.4, -0.2) is 32.1 Å². The van der Waals surface area contributed by atoms with Crippen LogP contribution in [-0.2, 0) is 0 Å². The Kier molecular flexibility index (Phi) is 4.80. The summed E-state index contributed by atoms with van der Waals surface area (Å²) in [4.78, 5) is 11.8. The van der Waals surface area contributed by atoms with Crippen LogP contribution < -0.4 is 16.0 Å². The summed E-state index contributed by atoms with van der Waals surface area (Å²) in [5.74, 6) is -0.0244. The maximum Gasteiger partial charge on any atom is 0.251 e. The molecule has 1 aliphatic rings. The highest BCUT2D eigenvalue weighted by Crippen LogP contribution is 2.21. The van der Waals surface area contributed by atoms with Gasteiger partial charge < -0.3 is 16.0 Å². The third-order valence-electron chi connectivity index (χ3n) is 3.74. The predicted molar refractivity (Wildman–Crippen MR) is 78.7 cm³/mol. The van der Waals surface area contributed by atoms with E-state index in [1.807, 2.05) is 19.1 Å². The molecule has 1 aromatic rings. The molecule has 1 amide bonds. The second kappa shape index (κ2) is 6.57. The fourth-order valence-electron chi connectivity index (χ4n) is 2.56. The molecule has 19 heavy (non-hydrogen) atoms. The largest absolute Gasteiger partial charge is 0.382 e. The first-order chi connectivity index (χ1) is 9.22. The van der Waals surface area contributed by atoms with Crippen LogP contribution in [0.2, 0.25) is 0 Å². The first-order valence-corrected chi connectivity index (χ1v) is 7.01. The maximum absolute atomic E-state index is 11.8. The summed E-state index contributed by atoms with van der Waals surface area (Å²) in [6.45, 7) is 4.17. The molecule has 1 aromatic carbocycles. The van der Waals surface area contributed by atoms with E-state index >= 15 is 0 Å². The van der Waals surface area contributed by atoms with Crippen molar-refractivity contribution in [2.75, 3.05) is 25.5 Å². The minimum Gasteiger partial charge on any atom is -0.382 e. The van der Waals surface area contributed by atoms with Gasteiger partial charge in [-0.25, -0.2) is 0 Å². The van der Waals surface area contributed by atoms with Crippen LogP contribution in [0, 0.1) is 6.92 Å². The van der Waals surface area contributed by atoms with Crippen LogP contribution >= 0.6 is 0 Å². The number of amides is 1. The van der Waals surface area contributed by atoms with Crippen LogP contribution in [0.25, 0.3) is 0 Å². The molecule has 2 rings (SSSR count). The molecule has 1 atom stereocenters. The first kappa shape index (κ1) is 13.9. The SMILES string of the molecule is CNC(=O)c1cccc(NC2CCCNCC2)c1C. The monoisotopic (exact) mass is 261 g/mol. The molecule has 3 N–H and O–H groups in total. The van der Waals surface area contributed by atoms with Gasteiger partial charge in [-0.15, -0.1) is 0 Å². The van der Waals surface area contributed by atoms with Gasteiger partial charge in [-0.05, 0) is 57.0 Å². The first-order valence-electron chi connectivity index (χ1n) is 7.01. The topological polar surface area (TPSA) is 53.2 Å². The Morgan fingerprint density at radius 1 is 1.32 bits per heavy atom. The zero-order valence-electron chi connectivity index (χ0n) is 11.8. The molecule has 1 heterocycles. The number of carbonyl (C=O) groups excluding carboxylic acids is 1. The molecule has 0 bridgehead atoms. The van der Waals surface area contributed by atoms with Crippen molar-refractivity contribution in [1.82, 2.24) is 10.6 Å². The lowest BCUT2D eigenvalue weighted by atomic mass is 10.0. The molecule has 1 unspecified atom stereocenters. The van der Waals surface area contributed by atoms with Gasteiger partial charge in [0.05, 0.1) is 0 Å². The standard InChI is InChI=1S/C15H23N3O/c1-11-13(15(19)16-2)6-3-7-14(11)18-12-5-4-9-17-10-8-12/h3,6-7,12,17-18H,4-5,8-10H2,1-2H3,(H,16,19). The normalized spacial score (nSPS) is 19.6. The second-order valence-electron chi connectivity index (χ2n) is 5.08. The predicted octanol–water partition coefficient (Wildman–Crippen LogP) is 1.91. The Labute approximate surface area is 115 Å². The second-order valence-corrected chi connectivity index (χ2v) is 5.08. The maximum atomic E-state index is 11.8. The van der Waals surface area contributed by atoms with Gasteiger partial charge >= 0.3 is 0 Å². The number of benzene rings is 1. The third kappa shape index (κ3) is 3.47. The third-order valence-corrected chi connectivity index (χ3v) is 3.74. The van der Waals surface area contributed by atoms with Crippen LogP contribution in [0.5, 0.6) is 0 Å². The molecule has 1 fully saturated rings. The van der Waals surface area contributed by atoms with E-state index in [9.17, 15) is 4.79 Å². The van der Waals surface area contributed by atoms with Crippen molar-refractivity contribution in [1.29, 1.82) is 0 Å². The van der Waals surface area contributed by atoms with Crippen molar-refractivity contribution in [2.24, 2.45) is 0 Å². The highest BCUT2D eigenvalue weighted by atomic mass is 16.1. The van der Waals surface area contributed by atoms with Crippen molar-refractivity contribution in [3.05, 3.63) is 29.3 Å². The van der Waals surface area contributed by atoms with Gasteiger partial charge in [-0.2, -0.15) is 0 Å². The van der Waals surface area contributed by atoms with Gasteiger partial charge in [-0.1, -0.05) is 6.07 Å². The molecule has 0 aliphatic carbocycles. The van der Waals surface area contributed by atoms with Crippen molar-refractivity contribution < 1.29 is 4.79 Å². The summed E-state index contributed by atoms with van der Waals surface area (Å²) in [5, 5.41) is 9.69. The van der Waals surface area contributed by atoms with E-state index in [1.165, 1.54) is 12.8 Å². The Hall–Kier alpha value is -1.55. The smallest absolute Gasteiger partial charge is 0.251 e. The van der Waals surface area contributed by atoms with Gasteiger partial charge in [0.2, 0.25) is 0 Å². The van der Waals surface area contributed by atoms with Gasteiger partial charge in [0.1, 0.15) is 0 Å². The van der Waals surface area contributed by atoms with E-state index in [0.29, 0.717) is 6.04 Å². The summed E-state index contributed by atoms with van der Waals surface area (Å²) in [6.07, 6.45) is 3.51. The number of anilines is 1. The van der Waals surface area contributed by atoms with Gasteiger partial charge in [-0.3, -0.25) is 4.79 Å². The Balaban J connectivity index is 2.13. The van der Waals surface area contributed by atoms with E-state index in [-0.39, 0.29) is 5.91 Å². The number of nitrogens with one attached hydrogen (secondary N) is 3. The van der Waals surface area contributed by atoms with E-state index in [0.717, 1.165) is 36.3 Å². The van der Waals surface area contributed by atoms with E-state index < -0.39 is 0 Å². The Morgan fingerprint density at radius 2 is 2.16 bits per heavy atom. The summed E-state index contributed by atoms with van der Waals surface area (Å²) in [7, 11) is 1.67. The average molecular weight is 261 g/mol. The van der Waals surface area contributed by atoms with Gasteiger partial charge in [0.25, 0.3) is 5.91 Å². The molecular weight excluding hydrogens is 238 g/mol. The van der Waals surface area contributed by atoms with Crippen molar-refractivity contribution in [3.8, 4) is 0 Å². The number of hydrogen-bond donors (Lipinski definition) is 3. The fraction of sp³-hybridized carbons (Fsp3) is 0.533. The molecule has 0 saturated carbocycles. The summed E-state index contributed by atoms with van der Waals surface area (Å²) in [5.41, 5.74) is 2.85. The molecule has 104 valence electrons. The summed E-state index contributed by atoms with van der Waals surface area (Å²) < 4.78 is 0. The molecule has 1 aliphatic heterocycles. The van der Waals surface area contributed by atoms with Crippen LogP contribution in [0.3, 0.4) is 0 Å². The fourth-order valence-corrected chi connectivity index (χ4v) is 2.56. The van der Waals surface area contributed by atoms with Crippen molar-refractivity contribution >= 4 is 11.6 Å². The highest BCUT2D eigenvalue weighted by Gasteiger charge is 2.15. The Morgan fingerprint density at radius 3 is 2.95 bits per heavy atom. The van der Waals surface area contributed by atoms with E-state index in [4.69, 9.17) is 0 Å². The summed E-state index contributed by atoms with van der Waals surface area (Å²) >= 11 is 0. The Bertz CT molecular complexity index is 437. The van der Waals surface area contributed by atoms with E-state index in [2.05, 4.69) is 22.0 Å². The molecule has 1 saturated heterocycles. The minimum atomic E-state index is -0.0244.